The van der Waals surface area contributed by atoms with Crippen LogP contribution in [-0.4, -0.2) is 25.2 Å². The molecule has 0 fully saturated rings. The molecule has 3 rings (SSSR count). The Bertz CT molecular complexity index is 1000. The smallest absolute Gasteiger partial charge is 0.255 e. The second-order valence-electron chi connectivity index (χ2n) is 6.88. The van der Waals surface area contributed by atoms with Gasteiger partial charge in [-0.25, -0.2) is 0 Å². The number of carbonyl (C=O) groups is 1. The van der Waals surface area contributed by atoms with Gasteiger partial charge in [-0.15, -0.1) is 0 Å². The van der Waals surface area contributed by atoms with Crippen LogP contribution in [0.3, 0.4) is 0 Å². The van der Waals surface area contributed by atoms with Gasteiger partial charge >= 0.3 is 0 Å². The number of methoxy groups -OCH3 is 2. The zero-order valence-corrected chi connectivity index (χ0v) is 18.0. The molecule has 1 unspecified atom stereocenters. The fraction of sp³-hybridized carbons (Fsp3) is 0.273. The molecule has 2 aromatic rings. The maximum atomic E-state index is 13.3. The van der Waals surface area contributed by atoms with Gasteiger partial charge in [-0.05, 0) is 68.4 Å². The summed E-state index contributed by atoms with van der Waals surface area (Å²) in [5.74, 6) is 1.09. The van der Waals surface area contributed by atoms with Gasteiger partial charge in [0.1, 0.15) is 11.5 Å². The number of hydrogen-bond acceptors (Lipinski definition) is 4. The van der Waals surface area contributed by atoms with Crippen molar-refractivity contribution in [3.63, 3.8) is 0 Å². The minimum atomic E-state index is -0.487. The molecule has 6 nitrogen and oxygen atoms in total. The first-order valence-corrected chi connectivity index (χ1v) is 9.64. The number of nitrogens with one attached hydrogen (secondary N) is 3. The zero-order valence-electron chi connectivity index (χ0n) is 17.2. The largest absolute Gasteiger partial charge is 0.497 e. The Balaban J connectivity index is 2.05. The number of aryl methyl sites for hydroxylation is 1. The van der Waals surface area contributed by atoms with E-state index in [9.17, 15) is 4.79 Å². The van der Waals surface area contributed by atoms with Crippen LogP contribution in [0.2, 0.25) is 0 Å². The van der Waals surface area contributed by atoms with Crippen LogP contribution in [0.5, 0.6) is 11.5 Å². The van der Waals surface area contributed by atoms with Crippen LogP contribution < -0.4 is 25.4 Å². The normalized spacial score (nSPS) is 16.0. The Hall–Kier alpha value is -3.06. The number of amides is 1. The molecule has 1 aliphatic rings. The van der Waals surface area contributed by atoms with Crippen LogP contribution in [0.15, 0.2) is 47.7 Å². The van der Waals surface area contributed by atoms with Crippen LogP contribution in [0, 0.1) is 13.8 Å². The van der Waals surface area contributed by atoms with Gasteiger partial charge in [0.05, 0.1) is 25.8 Å². The number of anilines is 1. The van der Waals surface area contributed by atoms with Crippen molar-refractivity contribution in [2.75, 3.05) is 19.5 Å². The zero-order chi connectivity index (χ0) is 21.1. The first-order chi connectivity index (χ1) is 13.8. The molecule has 0 aromatic heterocycles. The molecular formula is C22H25N3O3S. The number of rotatable bonds is 5. The Morgan fingerprint density at radius 1 is 1.10 bits per heavy atom. The van der Waals surface area contributed by atoms with Crippen molar-refractivity contribution in [2.45, 2.75) is 26.8 Å². The van der Waals surface area contributed by atoms with Crippen LogP contribution in [0.4, 0.5) is 5.69 Å². The lowest BCUT2D eigenvalue weighted by atomic mass is 9.93. The van der Waals surface area contributed by atoms with Gasteiger partial charge in [-0.3, -0.25) is 4.79 Å². The highest BCUT2D eigenvalue weighted by atomic mass is 32.1. The molecule has 3 N–H and O–H groups in total. The fourth-order valence-electron chi connectivity index (χ4n) is 3.37. The Morgan fingerprint density at radius 2 is 1.86 bits per heavy atom. The standard InChI is InChI=1S/C22H25N3O3S/c1-12-7-6-8-17(13(12)2)24-21(26)19-14(3)23-22(29)25-20(19)16-11-15(27-4)9-10-18(16)28-5/h6-11,20H,1-5H3,(H,24,26)(H2,23,25,29). The van der Waals surface area contributed by atoms with Crippen molar-refractivity contribution in [3.8, 4) is 11.5 Å². The fourth-order valence-corrected chi connectivity index (χ4v) is 3.64. The quantitative estimate of drug-likeness (QED) is 0.651. The van der Waals surface area contributed by atoms with E-state index in [1.165, 1.54) is 0 Å². The molecule has 0 aliphatic carbocycles. The van der Waals surface area contributed by atoms with E-state index in [-0.39, 0.29) is 5.91 Å². The van der Waals surface area contributed by atoms with Crippen molar-refractivity contribution in [2.24, 2.45) is 0 Å². The van der Waals surface area contributed by atoms with E-state index in [0.717, 1.165) is 22.4 Å². The average molecular weight is 412 g/mol. The summed E-state index contributed by atoms with van der Waals surface area (Å²) in [4.78, 5) is 13.3. The summed E-state index contributed by atoms with van der Waals surface area (Å²) in [5, 5.41) is 9.74. The van der Waals surface area contributed by atoms with Crippen molar-refractivity contribution in [1.29, 1.82) is 0 Å². The summed E-state index contributed by atoms with van der Waals surface area (Å²) in [6, 6.07) is 10.8. The summed E-state index contributed by atoms with van der Waals surface area (Å²) in [5.41, 5.74) is 4.90. The topological polar surface area (TPSA) is 71.6 Å². The Morgan fingerprint density at radius 3 is 2.55 bits per heavy atom. The second-order valence-corrected chi connectivity index (χ2v) is 7.29. The highest BCUT2D eigenvalue weighted by Gasteiger charge is 2.32. The summed E-state index contributed by atoms with van der Waals surface area (Å²) in [7, 11) is 3.19. The first kappa shape index (κ1) is 20.7. The maximum Gasteiger partial charge on any atom is 0.255 e. The molecule has 0 bridgehead atoms. The number of allylic oxidation sites excluding steroid dienone is 1. The molecule has 29 heavy (non-hydrogen) atoms. The van der Waals surface area contributed by atoms with Crippen molar-refractivity contribution >= 4 is 28.9 Å². The predicted molar refractivity (Wildman–Crippen MR) is 118 cm³/mol. The van der Waals surface area contributed by atoms with Gasteiger partial charge in [0.15, 0.2) is 5.11 Å². The molecule has 1 amide bonds. The number of hydrogen-bond donors (Lipinski definition) is 3. The molecule has 0 radical (unpaired) electrons. The summed E-state index contributed by atoms with van der Waals surface area (Å²) >= 11 is 5.35. The minimum absolute atomic E-state index is 0.214. The molecule has 1 aliphatic heterocycles. The average Bonchev–Trinajstić information content (AvgIpc) is 2.70. The lowest BCUT2D eigenvalue weighted by molar-refractivity contribution is -0.113. The van der Waals surface area contributed by atoms with Crippen molar-refractivity contribution in [3.05, 3.63) is 64.4 Å². The van der Waals surface area contributed by atoms with Crippen LogP contribution >= 0.6 is 12.2 Å². The van der Waals surface area contributed by atoms with Gasteiger partial charge in [0.2, 0.25) is 0 Å². The highest BCUT2D eigenvalue weighted by Crippen LogP contribution is 2.36. The molecule has 0 saturated carbocycles. The van der Waals surface area contributed by atoms with E-state index in [4.69, 9.17) is 21.7 Å². The van der Waals surface area contributed by atoms with Crippen LogP contribution in [0.25, 0.3) is 0 Å². The molecule has 2 aromatic carbocycles. The Kier molecular flexibility index (Phi) is 6.08. The molecule has 0 saturated heterocycles. The SMILES string of the molecule is COc1ccc(OC)c(C2NC(=S)NC(C)=C2C(=O)Nc2cccc(C)c2C)c1. The van der Waals surface area contributed by atoms with Gasteiger partial charge in [-0.2, -0.15) is 0 Å². The minimum Gasteiger partial charge on any atom is -0.497 e. The van der Waals surface area contributed by atoms with E-state index in [0.29, 0.717) is 27.9 Å². The molecular weight excluding hydrogens is 386 g/mol. The lowest BCUT2D eigenvalue weighted by Gasteiger charge is -2.31. The third kappa shape index (κ3) is 4.19. The summed E-state index contributed by atoms with van der Waals surface area (Å²) < 4.78 is 10.9. The monoisotopic (exact) mass is 411 g/mol. The van der Waals surface area contributed by atoms with Crippen LogP contribution in [-0.2, 0) is 4.79 Å². The highest BCUT2D eigenvalue weighted by molar-refractivity contribution is 7.80. The van der Waals surface area contributed by atoms with E-state index in [2.05, 4.69) is 16.0 Å². The third-order valence-corrected chi connectivity index (χ3v) is 5.33. The van der Waals surface area contributed by atoms with Crippen molar-refractivity contribution in [1.82, 2.24) is 10.6 Å². The number of benzene rings is 2. The summed E-state index contributed by atoms with van der Waals surface area (Å²) in [6.45, 7) is 5.84. The predicted octanol–water partition coefficient (Wildman–Crippen LogP) is 3.75. The van der Waals surface area contributed by atoms with E-state index in [1.54, 1.807) is 14.2 Å². The molecule has 152 valence electrons. The van der Waals surface area contributed by atoms with Crippen molar-refractivity contribution < 1.29 is 14.3 Å². The summed E-state index contributed by atoms with van der Waals surface area (Å²) in [6.07, 6.45) is 0. The van der Waals surface area contributed by atoms with E-state index in [1.807, 2.05) is 57.2 Å². The Labute approximate surface area is 176 Å². The van der Waals surface area contributed by atoms with Gasteiger partial charge in [0, 0.05) is 16.9 Å². The number of carbonyl (C=O) groups excluding carboxylic acids is 1. The molecule has 1 heterocycles. The molecule has 7 heteroatoms. The number of thiocarbonyl (C=S) groups is 1. The molecule has 1 atom stereocenters. The van der Waals surface area contributed by atoms with E-state index >= 15 is 0 Å². The van der Waals surface area contributed by atoms with Gasteiger partial charge in [-0.1, -0.05) is 12.1 Å². The molecule has 0 spiro atoms. The van der Waals surface area contributed by atoms with Crippen LogP contribution in [0.1, 0.15) is 29.7 Å². The number of ether oxygens (including phenoxy) is 2. The third-order valence-electron chi connectivity index (χ3n) is 5.11. The van der Waals surface area contributed by atoms with E-state index < -0.39 is 6.04 Å². The van der Waals surface area contributed by atoms with Gasteiger partial charge < -0.3 is 25.4 Å². The second kappa shape index (κ2) is 8.53. The first-order valence-electron chi connectivity index (χ1n) is 9.23. The van der Waals surface area contributed by atoms with Gasteiger partial charge in [0.25, 0.3) is 5.91 Å². The maximum absolute atomic E-state index is 13.3. The lowest BCUT2D eigenvalue weighted by Crippen LogP contribution is -2.45.